The minimum atomic E-state index is -3.46. The first-order chi connectivity index (χ1) is 9.07. The molecule has 0 amide bonds. The van der Waals surface area contributed by atoms with E-state index in [0.717, 1.165) is 11.1 Å². The minimum absolute atomic E-state index is 0.282. The average Bonchev–Trinajstić information content (AvgIpc) is 2.47. The summed E-state index contributed by atoms with van der Waals surface area (Å²) in [7, 11) is -3.46. The van der Waals surface area contributed by atoms with Gasteiger partial charge in [-0.15, -0.1) is 0 Å². The molecule has 2 rings (SSSR count). The molecule has 0 aliphatic rings. The number of hydrogen-bond acceptors (Lipinski definition) is 2. The van der Waals surface area contributed by atoms with E-state index in [0.29, 0.717) is 0 Å². The van der Waals surface area contributed by atoms with E-state index in [-0.39, 0.29) is 9.79 Å². The minimum Gasteiger partial charge on any atom is -0.219 e. The van der Waals surface area contributed by atoms with Crippen molar-refractivity contribution in [3.63, 3.8) is 0 Å². The maximum Gasteiger partial charge on any atom is 0.206 e. The zero-order valence-corrected chi connectivity index (χ0v) is 11.2. The molecule has 0 saturated carbocycles. The van der Waals surface area contributed by atoms with Gasteiger partial charge in [-0.2, -0.15) is 0 Å². The van der Waals surface area contributed by atoms with Gasteiger partial charge >= 0.3 is 0 Å². The van der Waals surface area contributed by atoms with Crippen molar-refractivity contribution in [1.82, 2.24) is 0 Å². The van der Waals surface area contributed by atoms with Crippen LogP contribution >= 0.6 is 0 Å². The summed E-state index contributed by atoms with van der Waals surface area (Å²) in [6.07, 6.45) is 3.35. The Morgan fingerprint density at radius 2 is 1.00 bits per heavy atom. The fourth-order valence-corrected chi connectivity index (χ4v) is 2.96. The highest BCUT2D eigenvalue weighted by Gasteiger charge is 2.16. The first-order valence-electron chi connectivity index (χ1n) is 5.78. The molecule has 0 N–H and O–H groups in total. The molecule has 0 aromatic heterocycles. The maximum absolute atomic E-state index is 12.4. The molecule has 0 aliphatic carbocycles. The van der Waals surface area contributed by atoms with E-state index in [9.17, 15) is 8.42 Å². The molecule has 19 heavy (non-hydrogen) atoms. The van der Waals surface area contributed by atoms with Gasteiger partial charge in [-0.05, 0) is 35.4 Å². The van der Waals surface area contributed by atoms with Gasteiger partial charge in [0, 0.05) is 0 Å². The third kappa shape index (κ3) is 2.66. The van der Waals surface area contributed by atoms with Crippen LogP contribution in [0.25, 0.3) is 12.2 Å². The fourth-order valence-electron chi connectivity index (χ4n) is 1.70. The molecule has 0 unspecified atom stereocenters. The topological polar surface area (TPSA) is 34.1 Å². The lowest BCUT2D eigenvalue weighted by atomic mass is 10.2. The smallest absolute Gasteiger partial charge is 0.206 e. The Morgan fingerprint density at radius 3 is 1.26 bits per heavy atom. The number of benzene rings is 2. The summed E-state index contributed by atoms with van der Waals surface area (Å²) in [5, 5.41) is 0. The molecule has 0 atom stereocenters. The molecule has 0 bridgehead atoms. The standard InChI is InChI=1S/C16H14O2S/c1-3-13-5-9-15(10-6-13)19(17,18)16-11-7-14(4-2)8-12-16/h3-12H,1-2H2. The first kappa shape index (κ1) is 13.3. The zero-order valence-electron chi connectivity index (χ0n) is 10.4. The van der Waals surface area contributed by atoms with E-state index in [1.165, 1.54) is 0 Å². The number of sulfone groups is 1. The summed E-state index contributed by atoms with van der Waals surface area (Å²) in [5.41, 5.74) is 1.78. The van der Waals surface area contributed by atoms with Gasteiger partial charge in [0.1, 0.15) is 0 Å². The van der Waals surface area contributed by atoms with Crippen molar-refractivity contribution in [2.45, 2.75) is 9.79 Å². The highest BCUT2D eigenvalue weighted by Crippen LogP contribution is 2.22. The van der Waals surface area contributed by atoms with Crippen LogP contribution < -0.4 is 0 Å². The third-order valence-corrected chi connectivity index (χ3v) is 4.64. The summed E-state index contributed by atoms with van der Waals surface area (Å²) < 4.78 is 24.8. The van der Waals surface area contributed by atoms with Gasteiger partial charge in [0.15, 0.2) is 0 Å². The van der Waals surface area contributed by atoms with E-state index in [4.69, 9.17) is 0 Å². The summed E-state index contributed by atoms with van der Waals surface area (Å²) in [4.78, 5) is 0.564. The van der Waals surface area contributed by atoms with Crippen molar-refractivity contribution < 1.29 is 8.42 Å². The van der Waals surface area contributed by atoms with Crippen LogP contribution in [0.3, 0.4) is 0 Å². The zero-order chi connectivity index (χ0) is 13.9. The van der Waals surface area contributed by atoms with Gasteiger partial charge < -0.3 is 0 Å². The lowest BCUT2D eigenvalue weighted by Crippen LogP contribution is -2.01. The van der Waals surface area contributed by atoms with Crippen LogP contribution in [-0.4, -0.2) is 8.42 Å². The van der Waals surface area contributed by atoms with Crippen molar-refractivity contribution >= 4 is 22.0 Å². The molecule has 2 aromatic carbocycles. The van der Waals surface area contributed by atoms with Crippen molar-refractivity contribution in [2.24, 2.45) is 0 Å². The van der Waals surface area contributed by atoms with Crippen LogP contribution in [0.5, 0.6) is 0 Å². The second kappa shape index (κ2) is 5.24. The van der Waals surface area contributed by atoms with Crippen LogP contribution in [0.1, 0.15) is 11.1 Å². The summed E-state index contributed by atoms with van der Waals surface area (Å²) >= 11 is 0. The van der Waals surface area contributed by atoms with Crippen LogP contribution in [0.15, 0.2) is 71.5 Å². The quantitative estimate of drug-likeness (QED) is 0.846. The van der Waals surface area contributed by atoms with E-state index < -0.39 is 9.84 Å². The lowest BCUT2D eigenvalue weighted by Gasteiger charge is -2.05. The Balaban J connectivity index is 2.44. The Morgan fingerprint density at radius 1 is 0.684 bits per heavy atom. The predicted octanol–water partition coefficient (Wildman–Crippen LogP) is 3.81. The molecular formula is C16H14O2S. The van der Waals surface area contributed by atoms with Gasteiger partial charge in [-0.3, -0.25) is 0 Å². The van der Waals surface area contributed by atoms with Gasteiger partial charge in [-0.25, -0.2) is 8.42 Å². The van der Waals surface area contributed by atoms with Crippen LogP contribution in [0.2, 0.25) is 0 Å². The van der Waals surface area contributed by atoms with Crippen molar-refractivity contribution in [3.8, 4) is 0 Å². The largest absolute Gasteiger partial charge is 0.219 e. The van der Waals surface area contributed by atoms with E-state index in [1.54, 1.807) is 60.7 Å². The second-order valence-corrected chi connectivity index (χ2v) is 6.00. The molecule has 0 saturated heterocycles. The Kier molecular flexibility index (Phi) is 3.67. The molecule has 96 valence electrons. The lowest BCUT2D eigenvalue weighted by molar-refractivity contribution is 0.596. The molecule has 3 heteroatoms. The van der Waals surface area contributed by atoms with Crippen LogP contribution in [0.4, 0.5) is 0 Å². The first-order valence-corrected chi connectivity index (χ1v) is 7.26. The van der Waals surface area contributed by atoms with Crippen molar-refractivity contribution in [3.05, 3.63) is 72.8 Å². The summed E-state index contributed by atoms with van der Waals surface area (Å²) in [5.74, 6) is 0. The Bertz CT molecular complexity index is 636. The summed E-state index contributed by atoms with van der Waals surface area (Å²) in [6, 6.07) is 13.3. The summed E-state index contributed by atoms with van der Waals surface area (Å²) in [6.45, 7) is 7.28. The van der Waals surface area contributed by atoms with Gasteiger partial charge in [0.25, 0.3) is 0 Å². The van der Waals surface area contributed by atoms with E-state index in [2.05, 4.69) is 13.2 Å². The predicted molar refractivity (Wildman–Crippen MR) is 78.5 cm³/mol. The molecule has 2 nitrogen and oxygen atoms in total. The third-order valence-electron chi connectivity index (χ3n) is 2.85. The number of rotatable bonds is 4. The molecule has 0 fully saturated rings. The fraction of sp³-hybridized carbons (Fsp3) is 0. The van der Waals surface area contributed by atoms with Crippen LogP contribution in [0, 0.1) is 0 Å². The van der Waals surface area contributed by atoms with Gasteiger partial charge in [-0.1, -0.05) is 49.6 Å². The molecule has 0 aliphatic heterocycles. The molecule has 0 heterocycles. The van der Waals surface area contributed by atoms with Gasteiger partial charge in [0.05, 0.1) is 9.79 Å². The van der Waals surface area contributed by atoms with Crippen molar-refractivity contribution in [1.29, 1.82) is 0 Å². The SMILES string of the molecule is C=Cc1ccc(S(=O)(=O)c2ccc(C=C)cc2)cc1. The molecule has 0 spiro atoms. The Labute approximate surface area is 113 Å². The number of hydrogen-bond donors (Lipinski definition) is 0. The normalized spacial score (nSPS) is 10.9. The molecule has 2 aromatic rings. The highest BCUT2D eigenvalue weighted by atomic mass is 32.2. The van der Waals surface area contributed by atoms with Crippen molar-refractivity contribution in [2.75, 3.05) is 0 Å². The highest BCUT2D eigenvalue weighted by molar-refractivity contribution is 7.91. The molecule has 0 radical (unpaired) electrons. The second-order valence-electron chi connectivity index (χ2n) is 4.05. The van der Waals surface area contributed by atoms with E-state index in [1.807, 2.05) is 0 Å². The Hall–Kier alpha value is -2.13. The van der Waals surface area contributed by atoms with E-state index >= 15 is 0 Å². The maximum atomic E-state index is 12.4. The van der Waals surface area contributed by atoms with Gasteiger partial charge in [0.2, 0.25) is 9.84 Å². The average molecular weight is 270 g/mol. The monoisotopic (exact) mass is 270 g/mol. The molecular weight excluding hydrogens is 256 g/mol. The van der Waals surface area contributed by atoms with Crippen LogP contribution in [-0.2, 0) is 9.84 Å².